The molecule has 0 spiro atoms. The topological polar surface area (TPSA) is 15.3 Å². The molecule has 2 aliphatic carbocycles. The molecule has 112 valence electrons. The van der Waals surface area contributed by atoms with Crippen molar-refractivity contribution >= 4 is 0 Å². The van der Waals surface area contributed by atoms with Gasteiger partial charge in [-0.15, -0.1) is 0 Å². The Hall–Kier alpha value is -0.0800. The fourth-order valence-corrected chi connectivity index (χ4v) is 4.58. The number of nitrogens with one attached hydrogen (secondary N) is 1. The van der Waals surface area contributed by atoms with E-state index in [9.17, 15) is 0 Å². The number of hydrogen-bond acceptors (Lipinski definition) is 2. The number of hydrogen-bond donors (Lipinski definition) is 1. The normalized spacial score (nSPS) is 38.8. The van der Waals surface area contributed by atoms with Gasteiger partial charge in [0.05, 0.1) is 0 Å². The van der Waals surface area contributed by atoms with Crippen LogP contribution in [0.5, 0.6) is 0 Å². The highest BCUT2D eigenvalue weighted by atomic mass is 15.2. The van der Waals surface area contributed by atoms with Crippen molar-refractivity contribution in [1.82, 2.24) is 10.2 Å². The van der Waals surface area contributed by atoms with Crippen molar-refractivity contribution in [3.63, 3.8) is 0 Å². The van der Waals surface area contributed by atoms with Crippen LogP contribution in [0.2, 0.25) is 0 Å². The average molecular weight is 266 g/mol. The summed E-state index contributed by atoms with van der Waals surface area (Å²) in [5, 5.41) is 3.78. The summed E-state index contributed by atoms with van der Waals surface area (Å²) < 4.78 is 0. The van der Waals surface area contributed by atoms with E-state index in [0.717, 1.165) is 24.5 Å². The molecule has 2 heteroatoms. The van der Waals surface area contributed by atoms with Crippen molar-refractivity contribution < 1.29 is 0 Å². The van der Waals surface area contributed by atoms with Crippen molar-refractivity contribution in [1.29, 1.82) is 0 Å². The molecule has 0 heterocycles. The third-order valence-electron chi connectivity index (χ3n) is 5.85. The minimum atomic E-state index is 0.451. The van der Waals surface area contributed by atoms with Gasteiger partial charge in [-0.25, -0.2) is 0 Å². The van der Waals surface area contributed by atoms with E-state index < -0.39 is 0 Å². The van der Waals surface area contributed by atoms with Gasteiger partial charge in [0.1, 0.15) is 0 Å². The first-order valence-electron chi connectivity index (χ1n) is 8.42. The first kappa shape index (κ1) is 15.3. The average Bonchev–Trinajstić information content (AvgIpc) is 2.66. The molecular formula is C17H34N2. The van der Waals surface area contributed by atoms with Gasteiger partial charge in [0.25, 0.3) is 0 Å². The lowest BCUT2D eigenvalue weighted by Gasteiger charge is -2.43. The zero-order valence-electron chi connectivity index (χ0n) is 13.7. The molecule has 19 heavy (non-hydrogen) atoms. The van der Waals surface area contributed by atoms with Gasteiger partial charge >= 0.3 is 0 Å². The minimum absolute atomic E-state index is 0.451. The first-order valence-corrected chi connectivity index (χ1v) is 8.42. The van der Waals surface area contributed by atoms with Gasteiger partial charge in [-0.3, -0.25) is 4.90 Å². The fourth-order valence-electron chi connectivity index (χ4n) is 4.58. The highest BCUT2D eigenvalue weighted by molar-refractivity contribution is 5.02. The first-order chi connectivity index (χ1) is 8.97. The van der Waals surface area contributed by atoms with Crippen molar-refractivity contribution in [3.05, 3.63) is 0 Å². The highest BCUT2D eigenvalue weighted by Crippen LogP contribution is 2.41. The summed E-state index contributed by atoms with van der Waals surface area (Å²) in [5.74, 6) is 0.879. The molecule has 2 rings (SSSR count). The van der Waals surface area contributed by atoms with Crippen LogP contribution in [0.1, 0.15) is 66.2 Å². The molecule has 2 aliphatic rings. The third-order valence-corrected chi connectivity index (χ3v) is 5.85. The number of likely N-dealkylation sites (N-methyl/N-ethyl adjacent to an activating group) is 2. The quantitative estimate of drug-likeness (QED) is 0.835. The summed E-state index contributed by atoms with van der Waals surface area (Å²) >= 11 is 0. The van der Waals surface area contributed by atoms with Crippen molar-refractivity contribution in [3.8, 4) is 0 Å². The Labute approximate surface area is 120 Å². The smallest absolute Gasteiger partial charge is 0.0274 e. The largest absolute Gasteiger partial charge is 0.312 e. The van der Waals surface area contributed by atoms with Crippen LogP contribution in [0.25, 0.3) is 0 Å². The van der Waals surface area contributed by atoms with E-state index in [0.29, 0.717) is 11.5 Å². The Morgan fingerprint density at radius 3 is 2.42 bits per heavy atom. The van der Waals surface area contributed by atoms with Crippen LogP contribution in [0.3, 0.4) is 0 Å². The summed E-state index contributed by atoms with van der Waals surface area (Å²) in [4.78, 5) is 2.74. The predicted octanol–water partition coefficient (Wildman–Crippen LogP) is 3.66. The SMILES string of the molecule is CCNC1C(N(C)C2CCCCC2C)CCC1(C)C. The molecule has 0 bridgehead atoms. The molecule has 4 unspecified atom stereocenters. The van der Waals surface area contributed by atoms with E-state index in [4.69, 9.17) is 0 Å². The summed E-state index contributed by atoms with van der Waals surface area (Å²) in [6.07, 6.45) is 8.44. The molecular weight excluding hydrogens is 232 g/mol. The molecule has 4 atom stereocenters. The Balaban J connectivity index is 2.06. The molecule has 2 saturated carbocycles. The van der Waals surface area contributed by atoms with Crippen LogP contribution in [-0.2, 0) is 0 Å². The lowest BCUT2D eigenvalue weighted by molar-refractivity contribution is 0.0749. The second-order valence-corrected chi connectivity index (χ2v) is 7.62. The lowest BCUT2D eigenvalue weighted by Crippen LogP contribution is -2.54. The number of nitrogens with zero attached hydrogens (tertiary/aromatic N) is 1. The third kappa shape index (κ3) is 3.16. The Morgan fingerprint density at radius 1 is 1.11 bits per heavy atom. The maximum Gasteiger partial charge on any atom is 0.0274 e. The van der Waals surface area contributed by atoms with Gasteiger partial charge < -0.3 is 5.32 Å². The molecule has 0 aliphatic heterocycles. The van der Waals surface area contributed by atoms with Gasteiger partial charge in [-0.1, -0.05) is 40.5 Å². The summed E-state index contributed by atoms with van der Waals surface area (Å²) in [6, 6.07) is 2.21. The monoisotopic (exact) mass is 266 g/mol. The minimum Gasteiger partial charge on any atom is -0.312 e. The molecule has 0 aromatic carbocycles. The van der Waals surface area contributed by atoms with E-state index in [1.54, 1.807) is 0 Å². The van der Waals surface area contributed by atoms with E-state index in [2.05, 4.69) is 45.0 Å². The maximum absolute atomic E-state index is 3.78. The predicted molar refractivity (Wildman–Crippen MR) is 83.5 cm³/mol. The summed E-state index contributed by atoms with van der Waals surface area (Å²) in [5.41, 5.74) is 0.451. The van der Waals surface area contributed by atoms with Crippen molar-refractivity contribution in [2.45, 2.75) is 84.3 Å². The molecule has 2 nitrogen and oxygen atoms in total. The van der Waals surface area contributed by atoms with Gasteiger partial charge in [0, 0.05) is 18.1 Å². The Morgan fingerprint density at radius 2 is 1.79 bits per heavy atom. The van der Waals surface area contributed by atoms with E-state index in [1.807, 2.05) is 0 Å². The van der Waals surface area contributed by atoms with Crippen molar-refractivity contribution in [2.75, 3.05) is 13.6 Å². The van der Waals surface area contributed by atoms with Crippen molar-refractivity contribution in [2.24, 2.45) is 11.3 Å². The zero-order chi connectivity index (χ0) is 14.0. The van der Waals surface area contributed by atoms with Crippen LogP contribution in [0.15, 0.2) is 0 Å². The second-order valence-electron chi connectivity index (χ2n) is 7.62. The van der Waals surface area contributed by atoms with E-state index >= 15 is 0 Å². The van der Waals surface area contributed by atoms with Gasteiger partial charge in [0.2, 0.25) is 0 Å². The maximum atomic E-state index is 3.78. The standard InChI is InChI=1S/C17H34N2/c1-6-18-16-15(11-12-17(16,3)4)19(5)14-10-8-7-9-13(14)2/h13-16,18H,6-12H2,1-5H3. The van der Waals surface area contributed by atoms with Crippen LogP contribution in [0.4, 0.5) is 0 Å². The Kier molecular flexibility index (Phi) is 4.94. The van der Waals surface area contributed by atoms with Gasteiger partial charge in [0.15, 0.2) is 0 Å². The zero-order valence-corrected chi connectivity index (χ0v) is 13.7. The molecule has 0 aromatic rings. The molecule has 0 amide bonds. The van der Waals surface area contributed by atoms with Gasteiger partial charge in [-0.05, 0) is 50.6 Å². The second kappa shape index (κ2) is 6.13. The number of rotatable bonds is 4. The molecule has 1 N–H and O–H groups in total. The van der Waals surface area contributed by atoms with E-state index in [1.165, 1.54) is 38.5 Å². The highest BCUT2D eigenvalue weighted by Gasteiger charge is 2.45. The molecule has 0 aromatic heterocycles. The fraction of sp³-hybridized carbons (Fsp3) is 1.00. The van der Waals surface area contributed by atoms with Crippen LogP contribution >= 0.6 is 0 Å². The summed E-state index contributed by atoms with van der Waals surface area (Å²) in [6.45, 7) is 10.7. The van der Waals surface area contributed by atoms with Crippen LogP contribution in [-0.4, -0.2) is 36.6 Å². The van der Waals surface area contributed by atoms with Crippen LogP contribution < -0.4 is 5.32 Å². The molecule has 0 saturated heterocycles. The van der Waals surface area contributed by atoms with Crippen LogP contribution in [0, 0.1) is 11.3 Å². The van der Waals surface area contributed by atoms with Gasteiger partial charge in [-0.2, -0.15) is 0 Å². The van der Waals surface area contributed by atoms with E-state index in [-0.39, 0.29) is 0 Å². The lowest BCUT2D eigenvalue weighted by atomic mass is 9.82. The Bertz CT molecular complexity index is 287. The summed E-state index contributed by atoms with van der Waals surface area (Å²) in [7, 11) is 2.39. The molecule has 2 fully saturated rings. The molecule has 0 radical (unpaired) electrons.